The molecule has 0 amide bonds. The van der Waals surface area contributed by atoms with E-state index in [9.17, 15) is 0 Å². The fourth-order valence-electron chi connectivity index (χ4n) is 1.60. The number of aromatic nitrogens is 1. The first-order chi connectivity index (χ1) is 7.58. The molecule has 0 unspecified atom stereocenters. The molecular weight excluding hydrogens is 200 g/mol. The standard InChI is InChI=1S/C12H22N4/c1-15(2)7-4-8-16(3)10-12-9-11(13)5-6-14-12/h5-6,9H,4,7-8,10H2,1-3H3,(H2,13,14). The van der Waals surface area contributed by atoms with E-state index in [1.807, 2.05) is 12.1 Å². The van der Waals surface area contributed by atoms with E-state index >= 15 is 0 Å². The van der Waals surface area contributed by atoms with Crippen LogP contribution in [0.2, 0.25) is 0 Å². The van der Waals surface area contributed by atoms with Crippen molar-refractivity contribution in [3.8, 4) is 0 Å². The molecule has 0 saturated carbocycles. The first-order valence-electron chi connectivity index (χ1n) is 5.61. The number of hydrogen-bond acceptors (Lipinski definition) is 4. The van der Waals surface area contributed by atoms with Crippen molar-refractivity contribution in [2.24, 2.45) is 0 Å². The molecule has 0 fully saturated rings. The van der Waals surface area contributed by atoms with Gasteiger partial charge in [-0.25, -0.2) is 0 Å². The topological polar surface area (TPSA) is 45.4 Å². The van der Waals surface area contributed by atoms with Crippen LogP contribution in [0.3, 0.4) is 0 Å². The lowest BCUT2D eigenvalue weighted by atomic mass is 10.3. The van der Waals surface area contributed by atoms with Crippen LogP contribution in [0, 0.1) is 0 Å². The molecular formula is C12H22N4. The number of nitrogens with two attached hydrogens (primary N) is 1. The Balaban J connectivity index is 2.31. The van der Waals surface area contributed by atoms with Crippen LogP contribution in [0.4, 0.5) is 5.69 Å². The predicted molar refractivity (Wildman–Crippen MR) is 68.2 cm³/mol. The first-order valence-corrected chi connectivity index (χ1v) is 5.61. The van der Waals surface area contributed by atoms with Gasteiger partial charge in [-0.05, 0) is 52.8 Å². The Hall–Kier alpha value is -1.13. The molecule has 0 aliphatic carbocycles. The predicted octanol–water partition coefficient (Wildman–Crippen LogP) is 1.05. The Morgan fingerprint density at radius 3 is 2.62 bits per heavy atom. The summed E-state index contributed by atoms with van der Waals surface area (Å²) in [6.45, 7) is 3.06. The van der Waals surface area contributed by atoms with E-state index < -0.39 is 0 Å². The normalized spacial score (nSPS) is 11.3. The SMILES string of the molecule is CN(C)CCCN(C)Cc1cc(N)ccn1. The van der Waals surface area contributed by atoms with Gasteiger partial charge in [0, 0.05) is 18.4 Å². The van der Waals surface area contributed by atoms with Crippen LogP contribution in [-0.2, 0) is 6.54 Å². The van der Waals surface area contributed by atoms with Gasteiger partial charge in [-0.2, -0.15) is 0 Å². The molecule has 0 spiro atoms. The van der Waals surface area contributed by atoms with Crippen molar-refractivity contribution in [2.75, 3.05) is 40.0 Å². The maximum Gasteiger partial charge on any atom is 0.0564 e. The second-order valence-electron chi connectivity index (χ2n) is 4.48. The molecule has 1 aromatic rings. The first kappa shape index (κ1) is 12.9. The maximum absolute atomic E-state index is 5.71. The van der Waals surface area contributed by atoms with Gasteiger partial charge >= 0.3 is 0 Å². The van der Waals surface area contributed by atoms with E-state index in [-0.39, 0.29) is 0 Å². The summed E-state index contributed by atoms with van der Waals surface area (Å²) in [7, 11) is 6.30. The summed E-state index contributed by atoms with van der Waals surface area (Å²) in [5.74, 6) is 0. The van der Waals surface area contributed by atoms with E-state index in [0.29, 0.717) is 0 Å². The van der Waals surface area contributed by atoms with Gasteiger partial charge in [0.15, 0.2) is 0 Å². The number of rotatable bonds is 6. The average Bonchev–Trinajstić information content (AvgIpc) is 2.16. The van der Waals surface area contributed by atoms with Crippen molar-refractivity contribution < 1.29 is 0 Å². The average molecular weight is 222 g/mol. The molecule has 1 rings (SSSR count). The Morgan fingerprint density at radius 1 is 1.25 bits per heavy atom. The van der Waals surface area contributed by atoms with Crippen LogP contribution in [0.25, 0.3) is 0 Å². The smallest absolute Gasteiger partial charge is 0.0564 e. The third-order valence-electron chi connectivity index (χ3n) is 2.42. The maximum atomic E-state index is 5.71. The van der Waals surface area contributed by atoms with Crippen LogP contribution >= 0.6 is 0 Å². The Kier molecular flexibility index (Phi) is 5.22. The third-order valence-corrected chi connectivity index (χ3v) is 2.42. The summed E-state index contributed by atoms with van der Waals surface area (Å²) in [5.41, 5.74) is 7.53. The lowest BCUT2D eigenvalue weighted by molar-refractivity contribution is 0.292. The zero-order chi connectivity index (χ0) is 12.0. The number of pyridine rings is 1. The van der Waals surface area contributed by atoms with Crippen molar-refractivity contribution in [1.82, 2.24) is 14.8 Å². The summed E-state index contributed by atoms with van der Waals surface area (Å²) in [5, 5.41) is 0. The van der Waals surface area contributed by atoms with Gasteiger partial charge in [-0.1, -0.05) is 0 Å². The van der Waals surface area contributed by atoms with E-state index in [2.05, 4.69) is 35.9 Å². The van der Waals surface area contributed by atoms with Gasteiger partial charge in [-0.15, -0.1) is 0 Å². The molecule has 0 aliphatic heterocycles. The molecule has 4 nitrogen and oxygen atoms in total. The minimum Gasteiger partial charge on any atom is -0.399 e. The Bertz CT molecular complexity index is 312. The molecule has 1 aromatic heterocycles. The minimum atomic E-state index is 0.784. The zero-order valence-corrected chi connectivity index (χ0v) is 10.5. The Labute approximate surface area is 98.1 Å². The Morgan fingerprint density at radius 2 is 2.00 bits per heavy atom. The van der Waals surface area contributed by atoms with Crippen molar-refractivity contribution >= 4 is 5.69 Å². The highest BCUT2D eigenvalue weighted by Crippen LogP contribution is 2.05. The molecule has 90 valence electrons. The van der Waals surface area contributed by atoms with E-state index in [4.69, 9.17) is 5.73 Å². The lowest BCUT2D eigenvalue weighted by Crippen LogP contribution is -2.23. The van der Waals surface area contributed by atoms with Crippen LogP contribution in [0.5, 0.6) is 0 Å². The number of anilines is 1. The van der Waals surface area contributed by atoms with Gasteiger partial charge < -0.3 is 15.5 Å². The van der Waals surface area contributed by atoms with Gasteiger partial charge in [-0.3, -0.25) is 4.98 Å². The fourth-order valence-corrected chi connectivity index (χ4v) is 1.60. The van der Waals surface area contributed by atoms with E-state index in [1.54, 1.807) is 6.20 Å². The molecule has 1 heterocycles. The number of nitrogen functional groups attached to an aromatic ring is 1. The highest BCUT2D eigenvalue weighted by atomic mass is 15.1. The van der Waals surface area contributed by atoms with E-state index in [1.165, 1.54) is 6.42 Å². The van der Waals surface area contributed by atoms with Crippen LogP contribution in [-0.4, -0.2) is 49.0 Å². The molecule has 0 aromatic carbocycles. The summed E-state index contributed by atoms with van der Waals surface area (Å²) in [4.78, 5) is 8.76. The monoisotopic (exact) mass is 222 g/mol. The summed E-state index contributed by atoms with van der Waals surface area (Å²) in [6, 6.07) is 3.75. The quantitative estimate of drug-likeness (QED) is 0.781. The zero-order valence-electron chi connectivity index (χ0n) is 10.5. The van der Waals surface area contributed by atoms with Gasteiger partial charge in [0.1, 0.15) is 0 Å². The molecule has 0 radical (unpaired) electrons. The number of nitrogens with zero attached hydrogens (tertiary/aromatic N) is 3. The van der Waals surface area contributed by atoms with Gasteiger partial charge in [0.05, 0.1) is 5.69 Å². The third kappa shape index (κ3) is 5.09. The molecule has 4 heteroatoms. The summed E-state index contributed by atoms with van der Waals surface area (Å²) >= 11 is 0. The fraction of sp³-hybridized carbons (Fsp3) is 0.583. The summed E-state index contributed by atoms with van der Waals surface area (Å²) in [6.07, 6.45) is 2.93. The van der Waals surface area contributed by atoms with Gasteiger partial charge in [0.25, 0.3) is 0 Å². The molecule has 16 heavy (non-hydrogen) atoms. The minimum absolute atomic E-state index is 0.784. The van der Waals surface area contributed by atoms with Crippen LogP contribution in [0.15, 0.2) is 18.3 Å². The molecule has 0 bridgehead atoms. The molecule has 0 saturated heterocycles. The molecule has 0 aliphatic rings. The van der Waals surface area contributed by atoms with Crippen LogP contribution in [0.1, 0.15) is 12.1 Å². The largest absolute Gasteiger partial charge is 0.399 e. The van der Waals surface area contributed by atoms with Crippen molar-refractivity contribution in [3.05, 3.63) is 24.0 Å². The second-order valence-corrected chi connectivity index (χ2v) is 4.48. The summed E-state index contributed by atoms with van der Waals surface area (Å²) < 4.78 is 0. The second kappa shape index (κ2) is 6.45. The van der Waals surface area contributed by atoms with Crippen molar-refractivity contribution in [3.63, 3.8) is 0 Å². The van der Waals surface area contributed by atoms with Gasteiger partial charge in [0.2, 0.25) is 0 Å². The highest BCUT2D eigenvalue weighted by Gasteiger charge is 2.02. The lowest BCUT2D eigenvalue weighted by Gasteiger charge is -2.17. The van der Waals surface area contributed by atoms with Crippen molar-refractivity contribution in [1.29, 1.82) is 0 Å². The number of hydrogen-bond donors (Lipinski definition) is 1. The van der Waals surface area contributed by atoms with E-state index in [0.717, 1.165) is 31.0 Å². The molecule has 0 atom stereocenters. The van der Waals surface area contributed by atoms with Crippen LogP contribution < -0.4 is 5.73 Å². The van der Waals surface area contributed by atoms with Crippen molar-refractivity contribution in [2.45, 2.75) is 13.0 Å². The molecule has 2 N–H and O–H groups in total. The highest BCUT2D eigenvalue weighted by molar-refractivity contribution is 5.37.